The van der Waals surface area contributed by atoms with Crippen LogP contribution in [0.4, 0.5) is 10.5 Å². The standard InChI is InChI=1S/C32H47N3O4S/c1-11-24(6)35(30(37)26(17-18-40-10)33-31(38)39-32(7,8)9)28(25-19-20(2)15-16-21(25)3)29(36)34-27-22(4)13-12-14-23(27)5/h12-16,19,24,26,28H,11,17-18H2,1-10H3,(H,33,38)(H,34,36). The van der Waals surface area contributed by atoms with E-state index in [2.05, 4.69) is 10.6 Å². The summed E-state index contributed by atoms with van der Waals surface area (Å²) < 4.78 is 5.49. The van der Waals surface area contributed by atoms with Crippen LogP contribution in [0.3, 0.4) is 0 Å². The number of anilines is 1. The van der Waals surface area contributed by atoms with E-state index >= 15 is 0 Å². The van der Waals surface area contributed by atoms with E-state index in [9.17, 15) is 14.4 Å². The van der Waals surface area contributed by atoms with Crippen molar-refractivity contribution in [3.05, 3.63) is 64.2 Å². The number of alkyl carbamates (subject to hydrolysis) is 1. The lowest BCUT2D eigenvalue weighted by atomic mass is 9.94. The number of nitrogens with one attached hydrogen (secondary N) is 2. The molecule has 3 amide bonds. The molecule has 2 rings (SSSR count). The molecule has 0 aliphatic heterocycles. The third-order valence-electron chi connectivity index (χ3n) is 6.91. The van der Waals surface area contributed by atoms with Gasteiger partial charge >= 0.3 is 6.09 Å². The van der Waals surface area contributed by atoms with E-state index in [-0.39, 0.29) is 17.9 Å². The van der Waals surface area contributed by atoms with E-state index in [1.807, 2.05) is 84.2 Å². The van der Waals surface area contributed by atoms with E-state index in [1.54, 1.807) is 37.4 Å². The molecule has 0 bridgehead atoms. The molecule has 0 aromatic heterocycles. The second-order valence-electron chi connectivity index (χ2n) is 11.5. The summed E-state index contributed by atoms with van der Waals surface area (Å²) in [4.78, 5) is 43.1. The Morgan fingerprint density at radius 3 is 2.17 bits per heavy atom. The molecule has 3 atom stereocenters. The zero-order chi connectivity index (χ0) is 30.2. The minimum atomic E-state index is -0.904. The van der Waals surface area contributed by atoms with Crippen LogP contribution in [-0.4, -0.2) is 52.5 Å². The van der Waals surface area contributed by atoms with Crippen LogP contribution < -0.4 is 10.6 Å². The highest BCUT2D eigenvalue weighted by atomic mass is 32.2. The number of hydrogen-bond donors (Lipinski definition) is 2. The third-order valence-corrected chi connectivity index (χ3v) is 7.55. The lowest BCUT2D eigenvalue weighted by molar-refractivity contribution is -0.143. The smallest absolute Gasteiger partial charge is 0.408 e. The molecule has 2 N–H and O–H groups in total. The van der Waals surface area contributed by atoms with E-state index in [0.29, 0.717) is 18.6 Å². The molecular formula is C32H47N3O4S. The van der Waals surface area contributed by atoms with Crippen molar-refractivity contribution in [1.82, 2.24) is 10.2 Å². The van der Waals surface area contributed by atoms with Crippen molar-refractivity contribution in [2.24, 2.45) is 0 Å². The molecule has 0 heterocycles. The van der Waals surface area contributed by atoms with Crippen molar-refractivity contribution < 1.29 is 19.1 Å². The number of carbonyl (C=O) groups excluding carboxylic acids is 3. The largest absolute Gasteiger partial charge is 0.444 e. The van der Waals surface area contributed by atoms with Gasteiger partial charge in [-0.1, -0.05) is 48.9 Å². The molecular weight excluding hydrogens is 522 g/mol. The number of aryl methyl sites for hydroxylation is 4. The maximum Gasteiger partial charge on any atom is 0.408 e. The Hall–Kier alpha value is -3.00. The van der Waals surface area contributed by atoms with Crippen molar-refractivity contribution in [3.8, 4) is 0 Å². The zero-order valence-corrected chi connectivity index (χ0v) is 26.6. The molecule has 0 aliphatic rings. The topological polar surface area (TPSA) is 87.7 Å². The molecule has 8 heteroatoms. The molecule has 220 valence electrons. The average molecular weight is 570 g/mol. The van der Waals surface area contributed by atoms with Crippen molar-refractivity contribution in [1.29, 1.82) is 0 Å². The zero-order valence-electron chi connectivity index (χ0n) is 25.8. The van der Waals surface area contributed by atoms with Gasteiger partial charge in [-0.3, -0.25) is 9.59 Å². The minimum absolute atomic E-state index is 0.279. The van der Waals surface area contributed by atoms with E-state index in [1.165, 1.54) is 0 Å². The Balaban J connectivity index is 2.65. The number of amides is 3. The number of benzene rings is 2. The SMILES string of the molecule is CCC(C)N(C(=O)C(CCSC)NC(=O)OC(C)(C)C)C(C(=O)Nc1c(C)cccc1C)c1cc(C)ccc1C. The molecule has 0 aliphatic carbocycles. The van der Waals surface area contributed by atoms with Crippen molar-refractivity contribution in [2.75, 3.05) is 17.3 Å². The minimum Gasteiger partial charge on any atom is -0.444 e. The van der Waals surface area contributed by atoms with Gasteiger partial charge in [-0.05, 0) is 102 Å². The van der Waals surface area contributed by atoms with Crippen LogP contribution in [0.1, 0.15) is 81.3 Å². The van der Waals surface area contributed by atoms with Gasteiger partial charge < -0.3 is 20.3 Å². The highest BCUT2D eigenvalue weighted by Crippen LogP contribution is 2.32. The first-order valence-electron chi connectivity index (χ1n) is 13.9. The van der Waals surface area contributed by atoms with Gasteiger partial charge in [0.25, 0.3) is 5.91 Å². The quantitative estimate of drug-likeness (QED) is 0.308. The number of rotatable bonds is 11. The molecule has 40 heavy (non-hydrogen) atoms. The Kier molecular flexibility index (Phi) is 12.1. The molecule has 2 aromatic carbocycles. The second-order valence-corrected chi connectivity index (χ2v) is 12.5. The fourth-order valence-electron chi connectivity index (χ4n) is 4.59. The Labute approximate surface area is 244 Å². The first-order valence-corrected chi connectivity index (χ1v) is 15.3. The van der Waals surface area contributed by atoms with Crippen molar-refractivity contribution in [2.45, 2.75) is 98.9 Å². The molecule has 0 spiro atoms. The molecule has 0 saturated carbocycles. The fraction of sp³-hybridized carbons (Fsp3) is 0.531. The highest BCUT2D eigenvalue weighted by Gasteiger charge is 2.39. The lowest BCUT2D eigenvalue weighted by Gasteiger charge is -2.39. The molecule has 3 unspecified atom stereocenters. The van der Waals surface area contributed by atoms with Crippen LogP contribution in [0, 0.1) is 27.7 Å². The molecule has 2 aromatic rings. The Morgan fingerprint density at radius 2 is 1.62 bits per heavy atom. The summed E-state index contributed by atoms with van der Waals surface area (Å²) in [5.74, 6) is 0.0565. The number of thioether (sulfide) groups is 1. The summed E-state index contributed by atoms with van der Waals surface area (Å²) in [5.41, 5.74) is 4.59. The summed E-state index contributed by atoms with van der Waals surface area (Å²) in [5, 5.41) is 5.95. The van der Waals surface area contributed by atoms with E-state index in [4.69, 9.17) is 4.74 Å². The maximum atomic E-state index is 14.4. The van der Waals surface area contributed by atoms with Gasteiger partial charge in [0, 0.05) is 11.7 Å². The van der Waals surface area contributed by atoms with Gasteiger partial charge in [-0.15, -0.1) is 0 Å². The fourth-order valence-corrected chi connectivity index (χ4v) is 5.06. The number of ether oxygens (including phenoxy) is 1. The normalized spacial score (nSPS) is 13.7. The average Bonchev–Trinajstić information content (AvgIpc) is 2.86. The van der Waals surface area contributed by atoms with Gasteiger partial charge in [0.1, 0.15) is 17.7 Å². The first kappa shape index (κ1) is 33.2. The van der Waals surface area contributed by atoms with E-state index in [0.717, 1.165) is 33.5 Å². The van der Waals surface area contributed by atoms with Crippen LogP contribution >= 0.6 is 11.8 Å². The Bertz CT molecular complexity index is 1170. The van der Waals surface area contributed by atoms with Gasteiger partial charge in [-0.2, -0.15) is 11.8 Å². The predicted octanol–water partition coefficient (Wildman–Crippen LogP) is 6.87. The van der Waals surface area contributed by atoms with Crippen molar-refractivity contribution >= 4 is 35.4 Å². The van der Waals surface area contributed by atoms with Crippen LogP contribution in [0.15, 0.2) is 36.4 Å². The van der Waals surface area contributed by atoms with Crippen LogP contribution in [0.5, 0.6) is 0 Å². The maximum absolute atomic E-state index is 14.4. The number of hydrogen-bond acceptors (Lipinski definition) is 5. The van der Waals surface area contributed by atoms with Crippen molar-refractivity contribution in [3.63, 3.8) is 0 Å². The van der Waals surface area contributed by atoms with Gasteiger partial charge in [0.15, 0.2) is 0 Å². The van der Waals surface area contributed by atoms with Crippen LogP contribution in [0.2, 0.25) is 0 Å². The summed E-state index contributed by atoms with van der Waals surface area (Å²) in [6, 6.07) is 9.79. The van der Waals surface area contributed by atoms with Crippen LogP contribution in [0.25, 0.3) is 0 Å². The number of para-hydroxylation sites is 1. The van der Waals surface area contributed by atoms with Crippen LogP contribution in [-0.2, 0) is 14.3 Å². The molecule has 7 nitrogen and oxygen atoms in total. The van der Waals surface area contributed by atoms with Gasteiger partial charge in [-0.25, -0.2) is 4.79 Å². The Morgan fingerprint density at radius 1 is 1.00 bits per heavy atom. The van der Waals surface area contributed by atoms with Gasteiger partial charge in [0.05, 0.1) is 0 Å². The summed E-state index contributed by atoms with van der Waals surface area (Å²) in [6.45, 7) is 17.1. The van der Waals surface area contributed by atoms with Gasteiger partial charge in [0.2, 0.25) is 5.91 Å². The third kappa shape index (κ3) is 9.01. The summed E-state index contributed by atoms with van der Waals surface area (Å²) >= 11 is 1.59. The molecule has 0 fully saturated rings. The first-order chi connectivity index (χ1) is 18.7. The number of nitrogens with zero attached hydrogens (tertiary/aromatic N) is 1. The van der Waals surface area contributed by atoms with E-state index < -0.39 is 23.8 Å². The number of carbonyl (C=O) groups is 3. The molecule has 0 saturated heterocycles. The predicted molar refractivity (Wildman–Crippen MR) is 166 cm³/mol. The second kappa shape index (κ2) is 14.6. The monoisotopic (exact) mass is 569 g/mol. The lowest BCUT2D eigenvalue weighted by Crippen LogP contribution is -2.55. The summed E-state index contributed by atoms with van der Waals surface area (Å²) in [6.07, 6.45) is 2.34. The summed E-state index contributed by atoms with van der Waals surface area (Å²) in [7, 11) is 0. The highest BCUT2D eigenvalue weighted by molar-refractivity contribution is 7.98. The molecule has 0 radical (unpaired) electrons.